The highest BCUT2D eigenvalue weighted by Gasteiger charge is 2.22. The highest BCUT2D eigenvalue weighted by atomic mass is 35.5. The predicted octanol–water partition coefficient (Wildman–Crippen LogP) is 5.64. The molecule has 0 aliphatic heterocycles. The van der Waals surface area contributed by atoms with Gasteiger partial charge in [-0.1, -0.05) is 48.0 Å². The minimum Gasteiger partial charge on any atom is -0.374 e. The van der Waals surface area contributed by atoms with Crippen molar-refractivity contribution >= 4 is 11.6 Å². The molecule has 134 valence electrons. The summed E-state index contributed by atoms with van der Waals surface area (Å²) in [6.45, 7) is 1.69. The van der Waals surface area contributed by atoms with Gasteiger partial charge in [0.1, 0.15) is 0 Å². The van der Waals surface area contributed by atoms with Crippen LogP contribution in [0.15, 0.2) is 48.5 Å². The van der Waals surface area contributed by atoms with Gasteiger partial charge in [-0.25, -0.2) is 0 Å². The Kier molecular flexibility index (Phi) is 6.52. The maximum atomic E-state index is 6.11. The van der Waals surface area contributed by atoms with Gasteiger partial charge >= 0.3 is 0 Å². The van der Waals surface area contributed by atoms with Gasteiger partial charge in [0.2, 0.25) is 0 Å². The van der Waals surface area contributed by atoms with E-state index in [4.69, 9.17) is 16.3 Å². The lowest BCUT2D eigenvalue weighted by molar-refractivity contribution is 0.0133. The SMILES string of the molecule is CN(C)Cc1ccc(C2CCC(OCc3ccc(Cl)cc3)CC2)cc1. The lowest BCUT2D eigenvalue weighted by Gasteiger charge is -2.29. The molecule has 2 nitrogen and oxygen atoms in total. The first kappa shape index (κ1) is 18.4. The first-order valence-corrected chi connectivity index (χ1v) is 9.57. The van der Waals surface area contributed by atoms with Crippen LogP contribution in [0.5, 0.6) is 0 Å². The smallest absolute Gasteiger partial charge is 0.0720 e. The number of nitrogens with zero attached hydrogens (tertiary/aromatic N) is 1. The third-order valence-corrected chi connectivity index (χ3v) is 5.28. The van der Waals surface area contributed by atoms with Crippen LogP contribution in [0.3, 0.4) is 0 Å². The van der Waals surface area contributed by atoms with Crippen LogP contribution in [-0.4, -0.2) is 25.1 Å². The molecule has 3 heteroatoms. The molecule has 3 rings (SSSR count). The Balaban J connectivity index is 1.45. The molecule has 1 fully saturated rings. The molecule has 0 radical (unpaired) electrons. The molecule has 1 saturated carbocycles. The monoisotopic (exact) mass is 357 g/mol. The molecule has 1 aliphatic carbocycles. The second-order valence-electron chi connectivity index (χ2n) is 7.39. The maximum Gasteiger partial charge on any atom is 0.0720 e. The van der Waals surface area contributed by atoms with Crippen molar-refractivity contribution in [1.29, 1.82) is 0 Å². The van der Waals surface area contributed by atoms with Crippen LogP contribution in [0.25, 0.3) is 0 Å². The molecule has 2 aromatic carbocycles. The van der Waals surface area contributed by atoms with Gasteiger partial charge in [-0.15, -0.1) is 0 Å². The molecule has 0 atom stereocenters. The van der Waals surface area contributed by atoms with Crippen LogP contribution in [0.2, 0.25) is 5.02 Å². The molecule has 1 aliphatic rings. The van der Waals surface area contributed by atoms with Gasteiger partial charge in [0.25, 0.3) is 0 Å². The molecular formula is C22H28ClNO. The maximum absolute atomic E-state index is 6.11. The molecule has 0 unspecified atom stereocenters. The number of halogens is 1. The van der Waals surface area contributed by atoms with Crippen molar-refractivity contribution < 1.29 is 4.74 Å². The number of rotatable bonds is 6. The molecule has 25 heavy (non-hydrogen) atoms. The van der Waals surface area contributed by atoms with E-state index in [0.29, 0.717) is 18.6 Å². The average Bonchev–Trinajstić information content (AvgIpc) is 2.62. The lowest BCUT2D eigenvalue weighted by atomic mass is 9.82. The van der Waals surface area contributed by atoms with E-state index in [0.717, 1.165) is 24.4 Å². The summed E-state index contributed by atoms with van der Waals surface area (Å²) in [5.41, 5.74) is 4.07. The average molecular weight is 358 g/mol. The van der Waals surface area contributed by atoms with Crippen LogP contribution in [-0.2, 0) is 17.9 Å². The van der Waals surface area contributed by atoms with Crippen molar-refractivity contribution in [1.82, 2.24) is 4.90 Å². The van der Waals surface area contributed by atoms with Crippen molar-refractivity contribution in [2.45, 2.75) is 50.9 Å². The summed E-state index contributed by atoms with van der Waals surface area (Å²) in [6, 6.07) is 17.1. The summed E-state index contributed by atoms with van der Waals surface area (Å²) < 4.78 is 6.11. The van der Waals surface area contributed by atoms with Crippen LogP contribution >= 0.6 is 11.6 Å². The van der Waals surface area contributed by atoms with Crippen LogP contribution < -0.4 is 0 Å². The fourth-order valence-electron chi connectivity index (χ4n) is 3.62. The van der Waals surface area contributed by atoms with E-state index in [9.17, 15) is 0 Å². The Morgan fingerprint density at radius 3 is 2.08 bits per heavy atom. The van der Waals surface area contributed by atoms with Crippen LogP contribution in [0, 0.1) is 0 Å². The van der Waals surface area contributed by atoms with Gasteiger partial charge in [-0.3, -0.25) is 0 Å². The fourth-order valence-corrected chi connectivity index (χ4v) is 3.74. The summed E-state index contributed by atoms with van der Waals surface area (Å²) in [5.74, 6) is 0.684. The topological polar surface area (TPSA) is 12.5 Å². The summed E-state index contributed by atoms with van der Waals surface area (Å²) in [7, 11) is 4.22. The number of hydrogen-bond donors (Lipinski definition) is 0. The van der Waals surface area contributed by atoms with Crippen molar-refractivity contribution in [2.75, 3.05) is 14.1 Å². The molecular weight excluding hydrogens is 330 g/mol. The number of hydrogen-bond acceptors (Lipinski definition) is 2. The standard InChI is InChI=1S/C22H28ClNO/c1-24(2)15-17-3-7-19(8-4-17)20-9-13-22(14-10-20)25-16-18-5-11-21(23)12-6-18/h3-8,11-12,20,22H,9-10,13-16H2,1-2H3. The first-order chi connectivity index (χ1) is 12.1. The van der Waals surface area contributed by atoms with Gasteiger partial charge in [0, 0.05) is 11.6 Å². The van der Waals surface area contributed by atoms with Crippen LogP contribution in [0.4, 0.5) is 0 Å². The lowest BCUT2D eigenvalue weighted by Crippen LogP contribution is -2.20. The van der Waals surface area contributed by atoms with E-state index in [1.807, 2.05) is 24.3 Å². The summed E-state index contributed by atoms with van der Waals surface area (Å²) >= 11 is 5.93. The third-order valence-electron chi connectivity index (χ3n) is 5.02. The highest BCUT2D eigenvalue weighted by molar-refractivity contribution is 6.30. The number of benzene rings is 2. The second kappa shape index (κ2) is 8.84. The van der Waals surface area contributed by atoms with Gasteiger partial charge in [0.15, 0.2) is 0 Å². The highest BCUT2D eigenvalue weighted by Crippen LogP contribution is 2.34. The zero-order valence-electron chi connectivity index (χ0n) is 15.2. The van der Waals surface area contributed by atoms with E-state index in [-0.39, 0.29) is 0 Å². The van der Waals surface area contributed by atoms with Crippen molar-refractivity contribution in [3.8, 4) is 0 Å². The van der Waals surface area contributed by atoms with Crippen molar-refractivity contribution in [2.24, 2.45) is 0 Å². The first-order valence-electron chi connectivity index (χ1n) is 9.20. The van der Waals surface area contributed by atoms with E-state index >= 15 is 0 Å². The Morgan fingerprint density at radius 2 is 1.48 bits per heavy atom. The van der Waals surface area contributed by atoms with E-state index < -0.39 is 0 Å². The van der Waals surface area contributed by atoms with E-state index in [2.05, 4.69) is 43.3 Å². The summed E-state index contributed by atoms with van der Waals surface area (Å²) in [6.07, 6.45) is 5.13. The van der Waals surface area contributed by atoms with E-state index in [1.165, 1.54) is 29.5 Å². The predicted molar refractivity (Wildman–Crippen MR) is 105 cm³/mol. The normalized spacial score (nSPS) is 20.8. The van der Waals surface area contributed by atoms with Crippen molar-refractivity contribution in [3.63, 3.8) is 0 Å². The largest absolute Gasteiger partial charge is 0.374 e. The molecule has 0 N–H and O–H groups in total. The quantitative estimate of drug-likeness (QED) is 0.662. The third kappa shape index (κ3) is 5.57. The molecule has 0 saturated heterocycles. The summed E-state index contributed by atoms with van der Waals surface area (Å²) in [4.78, 5) is 2.21. The molecule has 0 heterocycles. The van der Waals surface area contributed by atoms with Crippen LogP contribution in [0.1, 0.15) is 48.3 Å². The van der Waals surface area contributed by atoms with Crippen molar-refractivity contribution in [3.05, 3.63) is 70.2 Å². The Morgan fingerprint density at radius 1 is 0.880 bits per heavy atom. The fraction of sp³-hybridized carbons (Fsp3) is 0.455. The molecule has 0 aromatic heterocycles. The minimum atomic E-state index is 0.389. The molecule has 2 aromatic rings. The Hall–Kier alpha value is -1.35. The zero-order chi connectivity index (χ0) is 17.6. The zero-order valence-corrected chi connectivity index (χ0v) is 16.0. The van der Waals surface area contributed by atoms with Gasteiger partial charge in [0.05, 0.1) is 12.7 Å². The molecule has 0 spiro atoms. The second-order valence-corrected chi connectivity index (χ2v) is 7.83. The Labute approximate surface area is 156 Å². The van der Waals surface area contributed by atoms with Gasteiger partial charge in [-0.05, 0) is 74.5 Å². The molecule has 0 bridgehead atoms. The Bertz CT molecular complexity index is 643. The van der Waals surface area contributed by atoms with Gasteiger partial charge < -0.3 is 9.64 Å². The minimum absolute atomic E-state index is 0.389. The van der Waals surface area contributed by atoms with E-state index in [1.54, 1.807) is 0 Å². The number of ether oxygens (including phenoxy) is 1. The summed E-state index contributed by atoms with van der Waals surface area (Å²) in [5, 5.41) is 0.779. The van der Waals surface area contributed by atoms with Gasteiger partial charge in [-0.2, -0.15) is 0 Å². The molecule has 0 amide bonds.